The van der Waals surface area contributed by atoms with Gasteiger partial charge >= 0.3 is 0 Å². The fourth-order valence-electron chi connectivity index (χ4n) is 5.93. The second-order valence-electron chi connectivity index (χ2n) is 11.1. The number of nitrogens with zero attached hydrogens (tertiary/aromatic N) is 3. The normalized spacial score (nSPS) is 22.1. The second kappa shape index (κ2) is 12.9. The van der Waals surface area contributed by atoms with E-state index in [-0.39, 0.29) is 11.8 Å². The lowest BCUT2D eigenvalue weighted by Crippen LogP contribution is -2.42. The van der Waals surface area contributed by atoms with Crippen LogP contribution in [0.4, 0.5) is 0 Å². The van der Waals surface area contributed by atoms with Crippen LogP contribution in [0.3, 0.4) is 0 Å². The van der Waals surface area contributed by atoms with E-state index in [0.29, 0.717) is 5.89 Å². The summed E-state index contributed by atoms with van der Waals surface area (Å²) in [6, 6.07) is 8.20. The van der Waals surface area contributed by atoms with Gasteiger partial charge in [-0.15, -0.1) is 0 Å². The minimum atomic E-state index is 0.131. The molecule has 2 aliphatic rings. The highest BCUT2D eigenvalue weighted by atomic mass is 16.4. The number of piperidine rings is 2. The average molecular weight is 495 g/mol. The van der Waals surface area contributed by atoms with Gasteiger partial charge < -0.3 is 14.6 Å². The predicted molar refractivity (Wildman–Crippen MR) is 146 cm³/mol. The molecule has 0 saturated carbocycles. The highest BCUT2D eigenvalue weighted by Crippen LogP contribution is 2.27. The molecule has 6 heteroatoms. The second-order valence-corrected chi connectivity index (χ2v) is 11.1. The Balaban J connectivity index is 1.17. The van der Waals surface area contributed by atoms with E-state index < -0.39 is 0 Å². The third-order valence-electron chi connectivity index (χ3n) is 8.40. The van der Waals surface area contributed by atoms with Crippen molar-refractivity contribution in [3.63, 3.8) is 0 Å². The van der Waals surface area contributed by atoms with E-state index in [1.165, 1.54) is 37.9 Å². The van der Waals surface area contributed by atoms with Gasteiger partial charge in [0.15, 0.2) is 0 Å². The molecule has 2 atom stereocenters. The Morgan fingerprint density at radius 2 is 1.75 bits per heavy atom. The molecule has 0 radical (unpaired) electrons. The lowest BCUT2D eigenvalue weighted by molar-refractivity contribution is -0.126. The molecule has 36 heavy (non-hydrogen) atoms. The van der Waals surface area contributed by atoms with Crippen LogP contribution in [0.15, 0.2) is 28.7 Å². The topological polar surface area (TPSA) is 61.6 Å². The largest absolute Gasteiger partial charge is 0.441 e. The number of rotatable bonds is 10. The molecule has 198 valence electrons. The summed E-state index contributed by atoms with van der Waals surface area (Å²) < 4.78 is 6.00. The maximum absolute atomic E-state index is 12.8. The predicted octanol–water partition coefficient (Wildman–Crippen LogP) is 5.43. The first-order valence-corrected chi connectivity index (χ1v) is 14.2. The van der Waals surface area contributed by atoms with Crippen LogP contribution in [0, 0.1) is 31.6 Å². The summed E-state index contributed by atoms with van der Waals surface area (Å²) in [6.45, 7) is 15.7. The summed E-state index contributed by atoms with van der Waals surface area (Å²) in [5, 5.41) is 3.23. The summed E-state index contributed by atoms with van der Waals surface area (Å²) in [7, 11) is 0. The van der Waals surface area contributed by atoms with E-state index in [1.54, 1.807) is 0 Å². The van der Waals surface area contributed by atoms with E-state index in [4.69, 9.17) is 9.40 Å². The van der Waals surface area contributed by atoms with E-state index in [9.17, 15) is 4.79 Å². The first-order chi connectivity index (χ1) is 17.5. The van der Waals surface area contributed by atoms with Crippen molar-refractivity contribution >= 4 is 5.91 Å². The minimum Gasteiger partial charge on any atom is -0.441 e. The van der Waals surface area contributed by atoms with Gasteiger partial charge in [0.1, 0.15) is 5.76 Å². The number of aromatic nitrogens is 1. The Hall–Kier alpha value is -2.18. The number of likely N-dealkylation sites (tertiary alicyclic amines) is 2. The SMILES string of the molecule is CC[C@@H]1C[C@H](CC)CN(CCCNC(=O)C2CCN(Cc3nc(-c4ccccc4C)oc3C)CC2)C1. The molecule has 0 unspecified atom stereocenters. The molecule has 2 aromatic rings. The van der Waals surface area contributed by atoms with Gasteiger partial charge in [-0.1, -0.05) is 44.9 Å². The number of carbonyl (C=O) groups is 1. The molecule has 1 aromatic heterocycles. The van der Waals surface area contributed by atoms with Crippen LogP contribution in [-0.4, -0.2) is 60.0 Å². The Labute approximate surface area is 217 Å². The van der Waals surface area contributed by atoms with Crippen LogP contribution in [0.25, 0.3) is 11.5 Å². The number of oxazole rings is 1. The summed E-state index contributed by atoms with van der Waals surface area (Å²) in [5.41, 5.74) is 3.23. The summed E-state index contributed by atoms with van der Waals surface area (Å²) >= 11 is 0. The van der Waals surface area contributed by atoms with Gasteiger partial charge in [-0.2, -0.15) is 0 Å². The summed E-state index contributed by atoms with van der Waals surface area (Å²) in [5.74, 6) is 3.65. The van der Waals surface area contributed by atoms with Crippen molar-refractivity contribution in [3.05, 3.63) is 41.3 Å². The van der Waals surface area contributed by atoms with Crippen molar-refractivity contribution in [3.8, 4) is 11.5 Å². The summed E-state index contributed by atoms with van der Waals surface area (Å²) in [4.78, 5) is 22.6. The van der Waals surface area contributed by atoms with Crippen molar-refractivity contribution in [1.82, 2.24) is 20.1 Å². The first-order valence-electron chi connectivity index (χ1n) is 14.2. The first kappa shape index (κ1) is 26.9. The number of nitrogens with one attached hydrogen (secondary N) is 1. The molecule has 2 saturated heterocycles. The zero-order valence-corrected chi connectivity index (χ0v) is 22.9. The summed E-state index contributed by atoms with van der Waals surface area (Å²) in [6.07, 6.45) is 6.83. The van der Waals surface area contributed by atoms with E-state index in [2.05, 4.69) is 48.0 Å². The van der Waals surface area contributed by atoms with Crippen molar-refractivity contribution in [2.75, 3.05) is 39.3 Å². The number of amides is 1. The highest BCUT2D eigenvalue weighted by Gasteiger charge is 2.27. The van der Waals surface area contributed by atoms with Crippen LogP contribution in [0.2, 0.25) is 0 Å². The van der Waals surface area contributed by atoms with Gasteiger partial charge in [-0.25, -0.2) is 4.98 Å². The van der Waals surface area contributed by atoms with E-state index in [1.807, 2.05) is 19.1 Å². The third-order valence-corrected chi connectivity index (χ3v) is 8.40. The minimum absolute atomic E-state index is 0.131. The third kappa shape index (κ3) is 6.98. The van der Waals surface area contributed by atoms with Crippen LogP contribution in [0.1, 0.15) is 69.4 Å². The van der Waals surface area contributed by atoms with Crippen molar-refractivity contribution < 1.29 is 9.21 Å². The van der Waals surface area contributed by atoms with Crippen molar-refractivity contribution in [1.29, 1.82) is 0 Å². The van der Waals surface area contributed by atoms with Gasteiger partial charge in [0, 0.05) is 37.7 Å². The Kier molecular flexibility index (Phi) is 9.60. The molecule has 3 heterocycles. The molecule has 6 nitrogen and oxygen atoms in total. The Bertz CT molecular complexity index is 967. The number of aryl methyl sites for hydroxylation is 2. The maximum Gasteiger partial charge on any atom is 0.226 e. The number of carbonyl (C=O) groups excluding carboxylic acids is 1. The molecule has 4 rings (SSSR count). The lowest BCUT2D eigenvalue weighted by Gasteiger charge is -2.37. The molecule has 2 aliphatic heterocycles. The van der Waals surface area contributed by atoms with Gasteiger partial charge in [0.2, 0.25) is 11.8 Å². The number of hydrogen-bond acceptors (Lipinski definition) is 5. The van der Waals surface area contributed by atoms with Crippen LogP contribution in [0.5, 0.6) is 0 Å². The molecular weight excluding hydrogens is 448 g/mol. The quantitative estimate of drug-likeness (QED) is 0.446. The molecule has 2 fully saturated rings. The smallest absolute Gasteiger partial charge is 0.226 e. The molecule has 1 N–H and O–H groups in total. The highest BCUT2D eigenvalue weighted by molar-refractivity contribution is 5.78. The van der Waals surface area contributed by atoms with Gasteiger partial charge in [0.05, 0.1) is 5.69 Å². The fourth-order valence-corrected chi connectivity index (χ4v) is 5.93. The zero-order valence-electron chi connectivity index (χ0n) is 22.9. The average Bonchev–Trinajstić information content (AvgIpc) is 3.26. The number of benzene rings is 1. The molecule has 1 aromatic carbocycles. The molecule has 0 aliphatic carbocycles. The molecule has 0 bridgehead atoms. The molecule has 1 amide bonds. The number of hydrogen-bond donors (Lipinski definition) is 1. The Morgan fingerprint density at radius 3 is 2.42 bits per heavy atom. The standard InChI is InChI=1S/C30H46N4O2/c1-5-24-18-25(6-2)20-34(19-24)15-9-14-31-29(35)26-12-16-33(17-13-26)21-28-23(4)36-30(32-28)27-11-8-7-10-22(27)3/h7-8,10-11,24-26H,5-6,9,12-21H2,1-4H3,(H,31,35)/t24-,25+. The van der Waals surface area contributed by atoms with Gasteiger partial charge in [0.25, 0.3) is 0 Å². The monoisotopic (exact) mass is 494 g/mol. The van der Waals surface area contributed by atoms with Crippen molar-refractivity contribution in [2.24, 2.45) is 17.8 Å². The van der Waals surface area contributed by atoms with Crippen molar-refractivity contribution in [2.45, 2.75) is 72.8 Å². The van der Waals surface area contributed by atoms with Gasteiger partial charge in [-0.3, -0.25) is 9.69 Å². The zero-order chi connectivity index (χ0) is 25.5. The van der Waals surface area contributed by atoms with Crippen LogP contribution < -0.4 is 5.32 Å². The van der Waals surface area contributed by atoms with E-state index >= 15 is 0 Å². The van der Waals surface area contributed by atoms with Crippen LogP contribution >= 0.6 is 0 Å². The van der Waals surface area contributed by atoms with Crippen LogP contribution in [-0.2, 0) is 11.3 Å². The maximum atomic E-state index is 12.8. The van der Waals surface area contributed by atoms with E-state index in [0.717, 1.165) is 80.8 Å². The lowest BCUT2D eigenvalue weighted by atomic mass is 9.86. The molecular formula is C30H46N4O2. The Morgan fingerprint density at radius 1 is 1.06 bits per heavy atom. The van der Waals surface area contributed by atoms with Gasteiger partial charge in [-0.05, 0) is 82.6 Å². The molecule has 0 spiro atoms. The fraction of sp³-hybridized carbons (Fsp3) is 0.667.